The Bertz CT molecular complexity index is 1330. The highest BCUT2D eigenvalue weighted by atomic mass is 19.4. The minimum Gasteiger partial charge on any atom is -0.492 e. The van der Waals surface area contributed by atoms with Crippen LogP contribution < -0.4 is 10.1 Å². The summed E-state index contributed by atoms with van der Waals surface area (Å²) >= 11 is 0. The fraction of sp³-hybridized carbons (Fsp3) is 0.484. The number of carbonyl (C=O) groups excluding carboxylic acids is 1. The Morgan fingerprint density at radius 1 is 1.10 bits per heavy atom. The van der Waals surface area contributed by atoms with Crippen LogP contribution in [0.15, 0.2) is 48.7 Å². The summed E-state index contributed by atoms with van der Waals surface area (Å²) < 4.78 is 64.7. The summed E-state index contributed by atoms with van der Waals surface area (Å²) in [5, 5.41) is 12.1. The highest BCUT2D eigenvalue weighted by Gasteiger charge is 2.34. The van der Waals surface area contributed by atoms with Crippen LogP contribution in [0.2, 0.25) is 0 Å². The van der Waals surface area contributed by atoms with E-state index in [9.17, 15) is 22.4 Å². The number of anilines is 1. The molecular weight excluding hydrogens is 552 g/mol. The monoisotopic (exact) mass is 586 g/mol. The summed E-state index contributed by atoms with van der Waals surface area (Å²) in [6.45, 7) is 3.41. The zero-order valence-corrected chi connectivity index (χ0v) is 23.2. The number of hydrogen-bond donors (Lipinski definition) is 1. The van der Waals surface area contributed by atoms with Gasteiger partial charge in [-0.25, -0.2) is 4.39 Å². The first-order valence-electron chi connectivity index (χ1n) is 14.3. The number of fused-ring (bicyclic) bond motifs is 1. The standard InChI is InChI=1S/C31H34F4N4O3/c32-24-4-8-29-23(15-24)16-27(42-29)19-38-10-12-39(13-11-38)30(40)20-41-14-9-21-1-5-25(6-2-21)37-26-7-3-22(18-36)28(17-26)31(33,34)35/h3-4,7-9,14-15,17,21,25,27,37H,1-2,5-6,10-13,16,19-20H2/b14-9+. The zero-order valence-electron chi connectivity index (χ0n) is 23.2. The van der Waals surface area contributed by atoms with Crippen molar-refractivity contribution in [2.75, 3.05) is 44.6 Å². The fourth-order valence-electron chi connectivity index (χ4n) is 5.89. The second kappa shape index (κ2) is 13.0. The number of piperazine rings is 1. The predicted molar refractivity (Wildman–Crippen MR) is 148 cm³/mol. The van der Waals surface area contributed by atoms with Gasteiger partial charge >= 0.3 is 6.18 Å². The van der Waals surface area contributed by atoms with Crippen LogP contribution in [0.3, 0.4) is 0 Å². The van der Waals surface area contributed by atoms with E-state index in [0.717, 1.165) is 62.7 Å². The lowest BCUT2D eigenvalue weighted by Crippen LogP contribution is -2.51. The average molecular weight is 587 g/mol. The van der Waals surface area contributed by atoms with Crippen molar-refractivity contribution in [1.82, 2.24) is 9.80 Å². The van der Waals surface area contributed by atoms with Crippen LogP contribution >= 0.6 is 0 Å². The molecule has 1 saturated carbocycles. The van der Waals surface area contributed by atoms with Crippen LogP contribution in [0.1, 0.15) is 42.4 Å². The number of nitrogens with one attached hydrogen (secondary N) is 1. The molecule has 0 radical (unpaired) electrons. The van der Waals surface area contributed by atoms with E-state index < -0.39 is 11.7 Å². The van der Waals surface area contributed by atoms with Gasteiger partial charge in [0.1, 0.15) is 17.7 Å². The average Bonchev–Trinajstić information content (AvgIpc) is 3.37. The van der Waals surface area contributed by atoms with Crippen LogP contribution in [-0.2, 0) is 22.1 Å². The summed E-state index contributed by atoms with van der Waals surface area (Å²) in [6, 6.07) is 9.97. The molecule has 0 aromatic heterocycles. The van der Waals surface area contributed by atoms with E-state index >= 15 is 0 Å². The molecule has 5 rings (SSSR count). The number of rotatable bonds is 8. The van der Waals surface area contributed by atoms with E-state index in [1.54, 1.807) is 23.3 Å². The van der Waals surface area contributed by atoms with Crippen molar-refractivity contribution in [3.63, 3.8) is 0 Å². The number of alkyl halides is 3. The van der Waals surface area contributed by atoms with Gasteiger partial charge in [-0.2, -0.15) is 18.4 Å². The van der Waals surface area contributed by atoms with Crippen molar-refractivity contribution >= 4 is 11.6 Å². The first kappa shape index (κ1) is 29.7. The van der Waals surface area contributed by atoms with Crippen molar-refractivity contribution in [2.45, 2.75) is 50.4 Å². The first-order valence-corrected chi connectivity index (χ1v) is 14.3. The molecule has 42 heavy (non-hydrogen) atoms. The molecule has 2 aromatic rings. The van der Waals surface area contributed by atoms with E-state index in [2.05, 4.69) is 10.2 Å². The summed E-state index contributed by atoms with van der Waals surface area (Å²) in [7, 11) is 0. The largest absolute Gasteiger partial charge is 0.492 e. The highest BCUT2D eigenvalue weighted by Crippen LogP contribution is 2.35. The van der Waals surface area contributed by atoms with Crippen molar-refractivity contribution in [2.24, 2.45) is 5.92 Å². The van der Waals surface area contributed by atoms with Gasteiger partial charge in [-0.15, -0.1) is 0 Å². The Hall–Kier alpha value is -3.78. The maximum absolute atomic E-state index is 13.5. The van der Waals surface area contributed by atoms with Crippen molar-refractivity contribution in [3.8, 4) is 11.8 Å². The molecule has 0 spiro atoms. The number of halogens is 4. The van der Waals surface area contributed by atoms with Gasteiger partial charge in [0.25, 0.3) is 5.91 Å². The van der Waals surface area contributed by atoms with Crippen LogP contribution in [0, 0.1) is 23.1 Å². The lowest BCUT2D eigenvalue weighted by atomic mass is 9.86. The maximum atomic E-state index is 13.5. The smallest absolute Gasteiger partial charge is 0.417 e. The van der Waals surface area contributed by atoms with Gasteiger partial charge in [-0.1, -0.05) is 0 Å². The van der Waals surface area contributed by atoms with Gasteiger partial charge < -0.3 is 19.7 Å². The van der Waals surface area contributed by atoms with E-state index in [1.165, 1.54) is 24.3 Å². The molecular formula is C31H34F4N4O3. The predicted octanol–water partition coefficient (Wildman–Crippen LogP) is 5.37. The molecule has 11 heteroatoms. The van der Waals surface area contributed by atoms with Gasteiger partial charge in [0, 0.05) is 56.4 Å². The van der Waals surface area contributed by atoms with Gasteiger partial charge in [0.2, 0.25) is 0 Å². The number of benzene rings is 2. The summed E-state index contributed by atoms with van der Waals surface area (Å²) in [5.41, 5.74) is -0.0562. The van der Waals surface area contributed by atoms with E-state index in [4.69, 9.17) is 14.7 Å². The molecule has 1 saturated heterocycles. The Balaban J connectivity index is 0.973. The highest BCUT2D eigenvalue weighted by molar-refractivity contribution is 5.77. The molecule has 2 heterocycles. The number of nitrogens with zero attached hydrogens (tertiary/aromatic N) is 3. The van der Waals surface area contributed by atoms with Crippen LogP contribution in [0.25, 0.3) is 0 Å². The number of hydrogen-bond acceptors (Lipinski definition) is 6. The number of nitriles is 1. The third kappa shape index (κ3) is 7.53. The normalized spacial score (nSPS) is 22.8. The Labute approximate surface area is 242 Å². The van der Waals surface area contributed by atoms with Crippen LogP contribution in [0.4, 0.5) is 23.2 Å². The number of carbonyl (C=O) groups is 1. The zero-order chi connectivity index (χ0) is 29.7. The van der Waals surface area contributed by atoms with Gasteiger partial charge in [0.15, 0.2) is 6.61 Å². The Kier molecular flexibility index (Phi) is 9.21. The molecule has 1 unspecified atom stereocenters. The molecule has 1 aliphatic carbocycles. The van der Waals surface area contributed by atoms with E-state index in [1.807, 2.05) is 6.08 Å². The third-order valence-electron chi connectivity index (χ3n) is 8.19. The second-order valence-electron chi connectivity index (χ2n) is 11.1. The molecule has 2 fully saturated rings. The molecule has 1 atom stereocenters. The summed E-state index contributed by atoms with van der Waals surface area (Å²) in [6.07, 6.45) is 2.90. The summed E-state index contributed by atoms with van der Waals surface area (Å²) in [4.78, 5) is 16.7. The van der Waals surface area contributed by atoms with Crippen molar-refractivity contribution in [1.29, 1.82) is 5.26 Å². The number of ether oxygens (including phenoxy) is 2. The Morgan fingerprint density at radius 2 is 1.86 bits per heavy atom. The summed E-state index contributed by atoms with van der Waals surface area (Å²) in [5.74, 6) is 0.703. The molecule has 7 nitrogen and oxygen atoms in total. The lowest BCUT2D eigenvalue weighted by Gasteiger charge is -2.35. The molecule has 1 amide bonds. The Morgan fingerprint density at radius 3 is 2.57 bits per heavy atom. The van der Waals surface area contributed by atoms with E-state index in [-0.39, 0.29) is 42.0 Å². The number of allylic oxidation sites excluding steroid dienone is 1. The third-order valence-corrected chi connectivity index (χ3v) is 8.19. The topological polar surface area (TPSA) is 77.8 Å². The van der Waals surface area contributed by atoms with Crippen LogP contribution in [0.5, 0.6) is 5.75 Å². The fourth-order valence-corrected chi connectivity index (χ4v) is 5.89. The van der Waals surface area contributed by atoms with Crippen molar-refractivity contribution < 1.29 is 31.8 Å². The molecule has 0 bridgehead atoms. The van der Waals surface area contributed by atoms with Gasteiger partial charge in [0.05, 0.1) is 23.5 Å². The molecule has 1 N–H and O–H groups in total. The first-order chi connectivity index (χ1) is 20.2. The molecule has 2 aliphatic heterocycles. The molecule has 224 valence electrons. The lowest BCUT2D eigenvalue weighted by molar-refractivity contribution is -0.138. The van der Waals surface area contributed by atoms with Gasteiger partial charge in [-0.3, -0.25) is 9.69 Å². The van der Waals surface area contributed by atoms with Crippen LogP contribution in [-0.4, -0.2) is 67.2 Å². The second-order valence-corrected chi connectivity index (χ2v) is 11.1. The molecule has 2 aromatic carbocycles. The molecule has 3 aliphatic rings. The number of amides is 1. The maximum Gasteiger partial charge on any atom is 0.417 e. The minimum atomic E-state index is -4.58. The van der Waals surface area contributed by atoms with E-state index in [0.29, 0.717) is 25.2 Å². The quantitative estimate of drug-likeness (QED) is 0.331. The SMILES string of the molecule is N#Cc1ccc(NC2CCC(/C=C/OCC(=O)N3CCN(CC4Cc5cc(F)ccc5O4)CC3)CC2)cc1C(F)(F)F. The van der Waals surface area contributed by atoms with Crippen molar-refractivity contribution in [3.05, 3.63) is 71.2 Å². The minimum absolute atomic E-state index is 0.0124. The van der Waals surface area contributed by atoms with Gasteiger partial charge in [-0.05, 0) is 74.1 Å².